The summed E-state index contributed by atoms with van der Waals surface area (Å²) in [7, 11) is 1.72. The van der Waals surface area contributed by atoms with Crippen LogP contribution in [0.5, 0.6) is 5.75 Å². The third-order valence-electron chi connectivity index (χ3n) is 3.67. The number of anilines is 1. The Morgan fingerprint density at radius 2 is 2.13 bits per heavy atom. The first-order valence-corrected chi connectivity index (χ1v) is 7.99. The van der Waals surface area contributed by atoms with Gasteiger partial charge >= 0.3 is 0 Å². The van der Waals surface area contributed by atoms with E-state index in [1.165, 1.54) is 0 Å². The number of carbonyl (C=O) groups is 2. The summed E-state index contributed by atoms with van der Waals surface area (Å²) in [5, 5.41) is 2.77. The Morgan fingerprint density at radius 1 is 1.39 bits per heavy atom. The van der Waals surface area contributed by atoms with Crippen LogP contribution in [0.3, 0.4) is 0 Å². The highest BCUT2D eigenvalue weighted by Crippen LogP contribution is 2.17. The summed E-state index contributed by atoms with van der Waals surface area (Å²) in [4.78, 5) is 25.5. The van der Waals surface area contributed by atoms with Gasteiger partial charge in [0.05, 0.1) is 19.6 Å². The zero-order chi connectivity index (χ0) is 16.7. The number of nitrogens with one attached hydrogen (secondary N) is 1. The second-order valence-corrected chi connectivity index (χ2v) is 5.60. The maximum absolute atomic E-state index is 12.0. The number of likely N-dealkylation sites (N-methyl/N-ethyl adjacent to an activating group) is 1. The van der Waals surface area contributed by atoms with Crippen molar-refractivity contribution < 1.29 is 19.1 Å². The standard InChI is InChI=1S/C17H24N2O4/c1-3-4-10-22-14-7-5-13(6-8-14)18-16(20)12-15-17(21)19(2)9-11-23-15/h5-8,15H,3-4,9-12H2,1-2H3,(H,18,20)/t15-/m0/s1. The van der Waals surface area contributed by atoms with Gasteiger partial charge in [0.25, 0.3) is 5.91 Å². The SMILES string of the molecule is CCCCOc1ccc(NC(=O)C[C@@H]2OCCN(C)C2=O)cc1. The molecule has 0 bridgehead atoms. The average Bonchev–Trinajstić information content (AvgIpc) is 2.54. The molecule has 1 aliphatic rings. The molecular weight excluding hydrogens is 296 g/mol. The van der Waals surface area contributed by atoms with E-state index < -0.39 is 6.10 Å². The molecule has 6 heteroatoms. The molecule has 0 saturated carbocycles. The number of hydrogen-bond donors (Lipinski definition) is 1. The van der Waals surface area contributed by atoms with Crippen molar-refractivity contribution in [1.82, 2.24) is 4.90 Å². The van der Waals surface area contributed by atoms with Crippen molar-refractivity contribution in [1.29, 1.82) is 0 Å². The predicted molar refractivity (Wildman–Crippen MR) is 87.5 cm³/mol. The minimum absolute atomic E-state index is 0.0257. The van der Waals surface area contributed by atoms with Crippen LogP contribution in [0.15, 0.2) is 24.3 Å². The molecule has 0 radical (unpaired) electrons. The molecule has 1 N–H and O–H groups in total. The molecule has 0 spiro atoms. The van der Waals surface area contributed by atoms with Crippen LogP contribution < -0.4 is 10.1 Å². The number of nitrogens with zero attached hydrogens (tertiary/aromatic N) is 1. The lowest BCUT2D eigenvalue weighted by molar-refractivity contribution is -0.153. The van der Waals surface area contributed by atoms with Gasteiger partial charge in [0, 0.05) is 19.3 Å². The van der Waals surface area contributed by atoms with Gasteiger partial charge in [-0.1, -0.05) is 13.3 Å². The fourth-order valence-corrected chi connectivity index (χ4v) is 2.25. The van der Waals surface area contributed by atoms with E-state index in [1.54, 1.807) is 24.1 Å². The Balaban J connectivity index is 1.81. The topological polar surface area (TPSA) is 67.9 Å². The molecule has 0 aliphatic carbocycles. The summed E-state index contributed by atoms with van der Waals surface area (Å²) in [6, 6.07) is 7.21. The predicted octanol–water partition coefficient (Wildman–Crippen LogP) is 2.05. The number of morpholine rings is 1. The zero-order valence-corrected chi connectivity index (χ0v) is 13.7. The molecule has 126 valence electrons. The van der Waals surface area contributed by atoms with Gasteiger partial charge in [0.1, 0.15) is 11.9 Å². The summed E-state index contributed by atoms with van der Waals surface area (Å²) in [6.45, 7) is 3.83. The smallest absolute Gasteiger partial charge is 0.252 e. The van der Waals surface area contributed by atoms with Crippen LogP contribution in [0.25, 0.3) is 0 Å². The van der Waals surface area contributed by atoms with E-state index in [4.69, 9.17) is 9.47 Å². The van der Waals surface area contributed by atoms with E-state index >= 15 is 0 Å². The maximum atomic E-state index is 12.0. The molecule has 1 aliphatic heterocycles. The molecule has 6 nitrogen and oxygen atoms in total. The number of unbranched alkanes of at least 4 members (excludes halogenated alkanes) is 1. The number of benzene rings is 1. The van der Waals surface area contributed by atoms with E-state index in [0.29, 0.717) is 25.4 Å². The van der Waals surface area contributed by atoms with Crippen LogP contribution in [-0.2, 0) is 14.3 Å². The normalized spacial score (nSPS) is 17.9. The van der Waals surface area contributed by atoms with Crippen LogP contribution in [0.1, 0.15) is 26.2 Å². The molecule has 2 amide bonds. The average molecular weight is 320 g/mol. The summed E-state index contributed by atoms with van der Waals surface area (Å²) >= 11 is 0. The van der Waals surface area contributed by atoms with Crippen LogP contribution in [-0.4, -0.2) is 49.6 Å². The fourth-order valence-electron chi connectivity index (χ4n) is 2.25. The Hall–Kier alpha value is -2.08. The lowest BCUT2D eigenvalue weighted by Crippen LogP contribution is -2.46. The van der Waals surface area contributed by atoms with Gasteiger partial charge in [0.2, 0.25) is 5.91 Å². The number of carbonyl (C=O) groups excluding carboxylic acids is 2. The van der Waals surface area contributed by atoms with Gasteiger partial charge in [-0.2, -0.15) is 0 Å². The van der Waals surface area contributed by atoms with E-state index in [-0.39, 0.29) is 18.2 Å². The van der Waals surface area contributed by atoms with Crippen molar-refractivity contribution in [3.63, 3.8) is 0 Å². The summed E-state index contributed by atoms with van der Waals surface area (Å²) in [5.41, 5.74) is 0.675. The molecule has 1 aromatic rings. The van der Waals surface area contributed by atoms with Gasteiger partial charge in [-0.25, -0.2) is 0 Å². The molecule has 1 saturated heterocycles. The largest absolute Gasteiger partial charge is 0.494 e. The zero-order valence-electron chi connectivity index (χ0n) is 13.7. The quantitative estimate of drug-likeness (QED) is 0.781. The molecule has 23 heavy (non-hydrogen) atoms. The van der Waals surface area contributed by atoms with E-state index in [1.807, 2.05) is 12.1 Å². The van der Waals surface area contributed by atoms with E-state index in [9.17, 15) is 9.59 Å². The van der Waals surface area contributed by atoms with Crippen LogP contribution >= 0.6 is 0 Å². The maximum Gasteiger partial charge on any atom is 0.252 e. The van der Waals surface area contributed by atoms with Crippen molar-refractivity contribution in [2.45, 2.75) is 32.3 Å². The minimum atomic E-state index is -0.689. The van der Waals surface area contributed by atoms with Crippen molar-refractivity contribution in [2.75, 3.05) is 32.1 Å². The summed E-state index contributed by atoms with van der Waals surface area (Å²) < 4.78 is 10.9. The van der Waals surface area contributed by atoms with E-state index in [2.05, 4.69) is 12.2 Å². The highest BCUT2D eigenvalue weighted by molar-refractivity contribution is 5.95. The third kappa shape index (κ3) is 5.25. The Kier molecular flexibility index (Phi) is 6.40. The molecule has 1 heterocycles. The van der Waals surface area contributed by atoms with Crippen LogP contribution in [0.2, 0.25) is 0 Å². The molecule has 1 fully saturated rings. The van der Waals surface area contributed by atoms with Gasteiger partial charge in [-0.05, 0) is 30.7 Å². The van der Waals surface area contributed by atoms with Crippen molar-refractivity contribution in [3.05, 3.63) is 24.3 Å². The van der Waals surface area contributed by atoms with Gasteiger partial charge < -0.3 is 19.7 Å². The van der Waals surface area contributed by atoms with Gasteiger partial charge in [0.15, 0.2) is 0 Å². The van der Waals surface area contributed by atoms with Gasteiger partial charge in [-0.15, -0.1) is 0 Å². The first-order valence-electron chi connectivity index (χ1n) is 7.99. The van der Waals surface area contributed by atoms with Crippen molar-refractivity contribution in [2.24, 2.45) is 0 Å². The van der Waals surface area contributed by atoms with Crippen LogP contribution in [0.4, 0.5) is 5.69 Å². The molecule has 2 rings (SSSR count). The second kappa shape index (κ2) is 8.53. The van der Waals surface area contributed by atoms with Gasteiger partial charge in [-0.3, -0.25) is 9.59 Å². The molecular formula is C17H24N2O4. The van der Waals surface area contributed by atoms with E-state index in [0.717, 1.165) is 18.6 Å². The first-order chi connectivity index (χ1) is 11.1. The summed E-state index contributed by atoms with van der Waals surface area (Å²) in [6.07, 6.45) is 1.44. The van der Waals surface area contributed by atoms with Crippen molar-refractivity contribution >= 4 is 17.5 Å². The number of hydrogen-bond acceptors (Lipinski definition) is 4. The minimum Gasteiger partial charge on any atom is -0.494 e. The number of amides is 2. The number of ether oxygens (including phenoxy) is 2. The molecule has 1 aromatic carbocycles. The lowest BCUT2D eigenvalue weighted by Gasteiger charge is -2.29. The molecule has 0 unspecified atom stereocenters. The Bertz CT molecular complexity index is 530. The first kappa shape index (κ1) is 17.3. The van der Waals surface area contributed by atoms with Crippen molar-refractivity contribution in [3.8, 4) is 5.75 Å². The number of rotatable bonds is 7. The summed E-state index contributed by atoms with van der Waals surface area (Å²) in [5.74, 6) is 0.397. The Morgan fingerprint density at radius 3 is 2.83 bits per heavy atom. The van der Waals surface area contributed by atoms with Crippen LogP contribution in [0, 0.1) is 0 Å². The lowest BCUT2D eigenvalue weighted by atomic mass is 10.2. The second-order valence-electron chi connectivity index (χ2n) is 5.60. The molecule has 0 aromatic heterocycles. The highest BCUT2D eigenvalue weighted by atomic mass is 16.5. The molecule has 1 atom stereocenters. The highest BCUT2D eigenvalue weighted by Gasteiger charge is 2.29. The third-order valence-corrected chi connectivity index (χ3v) is 3.67. The fraction of sp³-hybridized carbons (Fsp3) is 0.529. The Labute approximate surface area is 136 Å². The monoisotopic (exact) mass is 320 g/mol.